The quantitative estimate of drug-likeness (QED) is 0.180. The standard InChI is InChI=1S/C47H34N2S/c1-2-43(46-41-18-10-11-19-44(41)50-47(46)48)49(36-25-20-32(21-26-36)31-12-4-3-5-13-31)37-27-22-34(23-28-37)42-30-35-15-7-9-17-39(35)45-38-16-8-6-14-33(38)24-29-40(42)45/h2-30H,48H2,1H3/b43-2+. The minimum Gasteiger partial charge on any atom is -0.390 e. The number of nitrogens with zero attached hydrogens (tertiary/aromatic N) is 1. The fourth-order valence-electron chi connectivity index (χ4n) is 7.47. The van der Waals surface area contributed by atoms with Crippen molar-refractivity contribution in [1.29, 1.82) is 0 Å². The molecule has 2 N–H and O–H groups in total. The zero-order valence-corrected chi connectivity index (χ0v) is 28.5. The van der Waals surface area contributed by atoms with Gasteiger partial charge in [-0.05, 0) is 97.9 Å². The number of hydrogen-bond acceptors (Lipinski definition) is 3. The second-order valence-corrected chi connectivity index (χ2v) is 13.7. The van der Waals surface area contributed by atoms with E-state index in [0.717, 1.165) is 27.6 Å². The second kappa shape index (κ2) is 12.4. The van der Waals surface area contributed by atoms with Crippen LogP contribution >= 0.6 is 11.3 Å². The van der Waals surface area contributed by atoms with E-state index in [1.807, 2.05) is 0 Å². The largest absolute Gasteiger partial charge is 0.390 e. The molecule has 1 heterocycles. The van der Waals surface area contributed by atoms with Gasteiger partial charge in [0.2, 0.25) is 0 Å². The minimum absolute atomic E-state index is 0.816. The number of nitrogen functional groups attached to an aromatic ring is 1. The van der Waals surface area contributed by atoms with E-state index >= 15 is 0 Å². The van der Waals surface area contributed by atoms with E-state index in [1.165, 1.54) is 64.7 Å². The Labute approximate surface area is 296 Å². The number of thiophene rings is 1. The van der Waals surface area contributed by atoms with Crippen molar-refractivity contribution in [3.63, 3.8) is 0 Å². The van der Waals surface area contributed by atoms with Gasteiger partial charge in [-0.15, -0.1) is 11.3 Å². The lowest BCUT2D eigenvalue weighted by Crippen LogP contribution is -2.16. The van der Waals surface area contributed by atoms with E-state index in [4.69, 9.17) is 5.73 Å². The van der Waals surface area contributed by atoms with Gasteiger partial charge in [0.1, 0.15) is 0 Å². The van der Waals surface area contributed by atoms with Gasteiger partial charge in [-0.3, -0.25) is 0 Å². The number of nitrogens with two attached hydrogens (primary N) is 1. The van der Waals surface area contributed by atoms with Crippen LogP contribution in [-0.4, -0.2) is 0 Å². The number of allylic oxidation sites excluding steroid dienone is 1. The summed E-state index contributed by atoms with van der Waals surface area (Å²) in [7, 11) is 0. The predicted molar refractivity (Wildman–Crippen MR) is 218 cm³/mol. The average Bonchev–Trinajstić information content (AvgIpc) is 3.52. The number of hydrogen-bond donors (Lipinski definition) is 1. The smallest absolute Gasteiger partial charge is 0.0963 e. The first-order valence-electron chi connectivity index (χ1n) is 17.0. The van der Waals surface area contributed by atoms with Crippen LogP contribution < -0.4 is 10.6 Å². The van der Waals surface area contributed by atoms with Crippen LogP contribution in [-0.2, 0) is 0 Å². The van der Waals surface area contributed by atoms with Crippen molar-refractivity contribution < 1.29 is 0 Å². The third-order valence-corrected chi connectivity index (χ3v) is 10.8. The Balaban J connectivity index is 1.21. The first-order valence-corrected chi connectivity index (χ1v) is 17.8. The zero-order valence-electron chi connectivity index (χ0n) is 27.7. The Kier molecular flexibility index (Phi) is 7.41. The molecule has 0 radical (unpaired) electrons. The van der Waals surface area contributed by atoms with Gasteiger partial charge in [-0.25, -0.2) is 0 Å². The highest BCUT2D eigenvalue weighted by Crippen LogP contribution is 2.45. The van der Waals surface area contributed by atoms with E-state index < -0.39 is 0 Å². The third-order valence-electron chi connectivity index (χ3n) is 9.81. The van der Waals surface area contributed by atoms with Crippen LogP contribution in [0.2, 0.25) is 0 Å². The van der Waals surface area contributed by atoms with Crippen molar-refractivity contribution in [2.75, 3.05) is 10.6 Å². The molecular weight excluding hydrogens is 625 g/mol. The molecule has 9 aromatic rings. The molecule has 0 amide bonds. The fraction of sp³-hybridized carbons (Fsp3) is 0.0213. The Morgan fingerprint density at radius 3 is 1.78 bits per heavy atom. The van der Waals surface area contributed by atoms with Crippen molar-refractivity contribution in [3.05, 3.63) is 181 Å². The number of anilines is 3. The molecule has 8 aromatic carbocycles. The van der Waals surface area contributed by atoms with Gasteiger partial charge in [0.25, 0.3) is 0 Å². The molecule has 0 saturated carbocycles. The summed E-state index contributed by atoms with van der Waals surface area (Å²) < 4.78 is 1.18. The molecule has 0 aliphatic rings. The predicted octanol–water partition coefficient (Wildman–Crippen LogP) is 13.5. The molecular formula is C47H34N2S. The number of benzene rings is 8. The summed E-state index contributed by atoms with van der Waals surface area (Å²) in [6.45, 7) is 2.10. The first kappa shape index (κ1) is 29.9. The highest BCUT2D eigenvalue weighted by atomic mass is 32.1. The summed E-state index contributed by atoms with van der Waals surface area (Å²) in [5.74, 6) is 0. The SMILES string of the molecule is C/C=C(\c1c(N)sc2ccccc12)N(c1ccc(-c2ccccc2)cc1)c1ccc(-c2cc3ccccc3c3c2ccc2ccccc23)cc1. The van der Waals surface area contributed by atoms with Crippen molar-refractivity contribution >= 4 is 75.8 Å². The fourth-order valence-corrected chi connectivity index (χ4v) is 8.45. The highest BCUT2D eigenvalue weighted by Gasteiger charge is 2.22. The summed E-state index contributed by atoms with van der Waals surface area (Å²) in [6.07, 6.45) is 2.19. The van der Waals surface area contributed by atoms with Gasteiger partial charge in [-0.2, -0.15) is 0 Å². The average molecular weight is 659 g/mol. The number of rotatable bonds is 6. The van der Waals surface area contributed by atoms with Gasteiger partial charge >= 0.3 is 0 Å². The highest BCUT2D eigenvalue weighted by molar-refractivity contribution is 7.23. The maximum Gasteiger partial charge on any atom is 0.0963 e. The molecule has 50 heavy (non-hydrogen) atoms. The van der Waals surface area contributed by atoms with Gasteiger partial charge in [0.05, 0.1) is 10.7 Å². The molecule has 0 bridgehead atoms. The maximum atomic E-state index is 6.81. The van der Waals surface area contributed by atoms with Crippen LogP contribution in [0.4, 0.5) is 16.4 Å². The van der Waals surface area contributed by atoms with Crippen LogP contribution in [0.15, 0.2) is 176 Å². The summed E-state index contributed by atoms with van der Waals surface area (Å²) in [5.41, 5.74) is 15.9. The van der Waals surface area contributed by atoms with Crippen molar-refractivity contribution in [1.82, 2.24) is 0 Å². The molecule has 0 spiro atoms. The van der Waals surface area contributed by atoms with Gasteiger partial charge in [0.15, 0.2) is 0 Å². The van der Waals surface area contributed by atoms with Crippen LogP contribution in [0.5, 0.6) is 0 Å². The van der Waals surface area contributed by atoms with Crippen molar-refractivity contribution in [2.45, 2.75) is 6.92 Å². The van der Waals surface area contributed by atoms with Gasteiger partial charge < -0.3 is 10.6 Å². The molecule has 1 aromatic heterocycles. The molecule has 9 rings (SSSR count). The second-order valence-electron chi connectivity index (χ2n) is 12.7. The van der Waals surface area contributed by atoms with E-state index in [-0.39, 0.29) is 0 Å². The normalized spacial score (nSPS) is 11.9. The summed E-state index contributed by atoms with van der Waals surface area (Å²) in [6, 6.07) is 61.2. The lowest BCUT2D eigenvalue weighted by molar-refractivity contribution is 1.29. The van der Waals surface area contributed by atoms with Crippen molar-refractivity contribution in [3.8, 4) is 22.3 Å². The summed E-state index contributed by atoms with van der Waals surface area (Å²) in [4.78, 5) is 2.34. The van der Waals surface area contributed by atoms with Gasteiger partial charge in [0, 0.05) is 27.0 Å². The van der Waals surface area contributed by atoms with Crippen LogP contribution in [0.1, 0.15) is 12.5 Å². The zero-order chi connectivity index (χ0) is 33.6. The molecule has 238 valence electrons. The first-order chi connectivity index (χ1) is 24.7. The minimum atomic E-state index is 0.816. The Morgan fingerprint density at radius 2 is 1.08 bits per heavy atom. The molecule has 2 nitrogen and oxygen atoms in total. The molecule has 0 fully saturated rings. The van der Waals surface area contributed by atoms with Crippen LogP contribution in [0.25, 0.3) is 70.4 Å². The van der Waals surface area contributed by atoms with Gasteiger partial charge in [-0.1, -0.05) is 140 Å². The molecule has 0 atom stereocenters. The van der Waals surface area contributed by atoms with Crippen molar-refractivity contribution in [2.24, 2.45) is 0 Å². The Bertz CT molecular complexity index is 2690. The van der Waals surface area contributed by atoms with E-state index in [2.05, 4.69) is 188 Å². The number of fused-ring (bicyclic) bond motifs is 6. The summed E-state index contributed by atoms with van der Waals surface area (Å²) >= 11 is 1.64. The van der Waals surface area contributed by atoms with E-state index in [0.29, 0.717) is 0 Å². The third kappa shape index (κ3) is 5.03. The lowest BCUT2D eigenvalue weighted by Gasteiger charge is -2.29. The molecule has 0 aliphatic carbocycles. The van der Waals surface area contributed by atoms with E-state index in [9.17, 15) is 0 Å². The maximum absolute atomic E-state index is 6.81. The lowest BCUT2D eigenvalue weighted by atomic mass is 9.90. The Hall–Kier alpha value is -6.16. The van der Waals surface area contributed by atoms with Crippen LogP contribution in [0.3, 0.4) is 0 Å². The molecule has 0 aliphatic heterocycles. The monoisotopic (exact) mass is 658 g/mol. The topological polar surface area (TPSA) is 29.3 Å². The van der Waals surface area contributed by atoms with Crippen LogP contribution in [0, 0.1) is 0 Å². The van der Waals surface area contributed by atoms with E-state index in [1.54, 1.807) is 11.3 Å². The Morgan fingerprint density at radius 1 is 0.520 bits per heavy atom. The molecule has 0 unspecified atom stereocenters. The summed E-state index contributed by atoms with van der Waals surface area (Å²) in [5, 5.41) is 9.60. The molecule has 0 saturated heterocycles. The molecule has 3 heteroatoms.